The highest BCUT2D eigenvalue weighted by atomic mass is 35.5. The molecule has 0 fully saturated rings. The molecule has 0 aliphatic carbocycles. The summed E-state index contributed by atoms with van der Waals surface area (Å²) in [5.41, 5.74) is 7.32. The number of nitrogen functional groups attached to an aromatic ring is 1. The molecular weight excluding hydrogens is 266 g/mol. The molecule has 3 rings (SSSR count). The Morgan fingerprint density at radius 2 is 2.21 bits per heavy atom. The van der Waals surface area contributed by atoms with Gasteiger partial charge in [-0.15, -0.1) is 5.10 Å². The normalized spacial score (nSPS) is 11.0. The van der Waals surface area contributed by atoms with Crippen molar-refractivity contribution in [2.45, 2.75) is 6.54 Å². The van der Waals surface area contributed by atoms with Crippen LogP contribution in [0.3, 0.4) is 0 Å². The summed E-state index contributed by atoms with van der Waals surface area (Å²) in [5.74, 6) is 0. The van der Waals surface area contributed by atoms with E-state index in [1.807, 2.05) is 0 Å². The first-order valence-corrected chi connectivity index (χ1v) is 5.96. The summed E-state index contributed by atoms with van der Waals surface area (Å²) in [5, 5.41) is 4.70. The van der Waals surface area contributed by atoms with Crippen LogP contribution in [0.5, 0.6) is 0 Å². The highest BCUT2D eigenvalue weighted by Crippen LogP contribution is 2.22. The maximum atomic E-state index is 12.1. The van der Waals surface area contributed by atoms with Gasteiger partial charge in [0.1, 0.15) is 0 Å². The lowest BCUT2D eigenvalue weighted by atomic mass is 10.2. The summed E-state index contributed by atoms with van der Waals surface area (Å²) in [6, 6.07) is 5.23. The van der Waals surface area contributed by atoms with Crippen molar-refractivity contribution in [2.24, 2.45) is 0 Å². The lowest BCUT2D eigenvalue weighted by molar-refractivity contribution is 0.660. The number of nitrogens with two attached hydrogens (primary N) is 1. The van der Waals surface area contributed by atoms with E-state index in [0.29, 0.717) is 21.9 Å². The molecule has 2 heterocycles. The Labute approximate surface area is 113 Å². The minimum atomic E-state index is -0.253. The predicted molar refractivity (Wildman–Crippen MR) is 72.2 cm³/mol. The first-order valence-electron chi connectivity index (χ1n) is 5.59. The standard InChI is InChI=1S/C12H10ClN5O/c13-9-2-1-3-10(14)8(9)7-18-12(19)17-5-4-15-6-11(17)16-18/h1-6H,7,14H2. The lowest BCUT2D eigenvalue weighted by Crippen LogP contribution is -2.22. The molecule has 0 spiro atoms. The third-order valence-corrected chi connectivity index (χ3v) is 3.21. The Hall–Kier alpha value is -2.34. The van der Waals surface area contributed by atoms with E-state index in [-0.39, 0.29) is 12.2 Å². The molecule has 0 radical (unpaired) electrons. The van der Waals surface area contributed by atoms with Crippen molar-refractivity contribution in [1.82, 2.24) is 19.2 Å². The molecule has 0 aliphatic heterocycles. The van der Waals surface area contributed by atoms with E-state index in [4.69, 9.17) is 17.3 Å². The zero-order valence-corrected chi connectivity index (χ0v) is 10.6. The second-order valence-corrected chi connectivity index (χ2v) is 4.46. The van der Waals surface area contributed by atoms with Gasteiger partial charge in [-0.25, -0.2) is 13.9 Å². The van der Waals surface area contributed by atoms with E-state index in [1.165, 1.54) is 21.5 Å². The molecule has 96 valence electrons. The van der Waals surface area contributed by atoms with Crippen LogP contribution in [-0.4, -0.2) is 19.2 Å². The Kier molecular flexibility index (Phi) is 2.72. The molecule has 3 aromatic rings. The van der Waals surface area contributed by atoms with Crippen molar-refractivity contribution in [1.29, 1.82) is 0 Å². The molecule has 0 saturated heterocycles. The van der Waals surface area contributed by atoms with Gasteiger partial charge in [-0.3, -0.25) is 4.98 Å². The summed E-state index contributed by atoms with van der Waals surface area (Å²) < 4.78 is 2.73. The van der Waals surface area contributed by atoms with E-state index in [1.54, 1.807) is 24.4 Å². The number of hydrogen-bond acceptors (Lipinski definition) is 4. The Morgan fingerprint density at radius 1 is 1.37 bits per heavy atom. The van der Waals surface area contributed by atoms with Gasteiger partial charge in [0.2, 0.25) is 0 Å². The monoisotopic (exact) mass is 275 g/mol. The third kappa shape index (κ3) is 1.96. The van der Waals surface area contributed by atoms with Crippen molar-refractivity contribution >= 4 is 22.9 Å². The molecule has 1 aromatic carbocycles. The molecular formula is C12H10ClN5O. The van der Waals surface area contributed by atoms with Crippen molar-refractivity contribution in [3.8, 4) is 0 Å². The highest BCUT2D eigenvalue weighted by Gasteiger charge is 2.10. The predicted octanol–water partition coefficient (Wildman–Crippen LogP) is 1.17. The molecule has 0 saturated carbocycles. The Balaban J connectivity index is 2.11. The van der Waals surface area contributed by atoms with Crippen LogP contribution in [-0.2, 0) is 6.54 Å². The summed E-state index contributed by atoms with van der Waals surface area (Å²) in [7, 11) is 0. The maximum absolute atomic E-state index is 12.1. The van der Waals surface area contributed by atoms with Crippen molar-refractivity contribution in [2.75, 3.05) is 5.73 Å². The third-order valence-electron chi connectivity index (χ3n) is 2.85. The van der Waals surface area contributed by atoms with Gasteiger partial charge in [0.05, 0.1) is 12.7 Å². The average molecular weight is 276 g/mol. The number of fused-ring (bicyclic) bond motifs is 1. The molecule has 7 heteroatoms. The van der Waals surface area contributed by atoms with Gasteiger partial charge in [-0.1, -0.05) is 17.7 Å². The molecule has 0 bridgehead atoms. The van der Waals surface area contributed by atoms with Crippen LogP contribution in [0, 0.1) is 0 Å². The number of rotatable bonds is 2. The topological polar surface area (TPSA) is 78.2 Å². The van der Waals surface area contributed by atoms with E-state index in [9.17, 15) is 4.79 Å². The van der Waals surface area contributed by atoms with E-state index in [2.05, 4.69) is 10.1 Å². The van der Waals surface area contributed by atoms with Crippen LogP contribution in [0.15, 0.2) is 41.6 Å². The minimum Gasteiger partial charge on any atom is -0.398 e. The molecule has 0 aliphatic rings. The van der Waals surface area contributed by atoms with E-state index < -0.39 is 0 Å². The number of anilines is 1. The Morgan fingerprint density at radius 3 is 2.95 bits per heavy atom. The molecule has 2 N–H and O–H groups in total. The smallest absolute Gasteiger partial charge is 0.350 e. The molecule has 0 unspecified atom stereocenters. The molecule has 19 heavy (non-hydrogen) atoms. The van der Waals surface area contributed by atoms with Gasteiger partial charge < -0.3 is 5.73 Å². The number of nitrogens with zero attached hydrogens (tertiary/aromatic N) is 4. The summed E-state index contributed by atoms with van der Waals surface area (Å²) >= 11 is 6.09. The fourth-order valence-electron chi connectivity index (χ4n) is 1.87. The number of benzene rings is 1. The minimum absolute atomic E-state index is 0.228. The summed E-state index contributed by atoms with van der Waals surface area (Å²) in [6.07, 6.45) is 4.62. The average Bonchev–Trinajstić information content (AvgIpc) is 2.72. The van der Waals surface area contributed by atoms with Crippen LogP contribution in [0.25, 0.3) is 5.65 Å². The van der Waals surface area contributed by atoms with Crippen LogP contribution < -0.4 is 11.4 Å². The summed E-state index contributed by atoms with van der Waals surface area (Å²) in [4.78, 5) is 16.0. The highest BCUT2D eigenvalue weighted by molar-refractivity contribution is 6.31. The van der Waals surface area contributed by atoms with Crippen molar-refractivity contribution < 1.29 is 0 Å². The zero-order valence-electron chi connectivity index (χ0n) is 9.82. The molecule has 0 atom stereocenters. The second-order valence-electron chi connectivity index (χ2n) is 4.05. The number of aromatic nitrogens is 4. The van der Waals surface area contributed by atoms with Gasteiger partial charge in [0.25, 0.3) is 0 Å². The van der Waals surface area contributed by atoms with Crippen LogP contribution >= 0.6 is 11.6 Å². The largest absolute Gasteiger partial charge is 0.398 e. The van der Waals surface area contributed by atoms with Gasteiger partial charge in [-0.2, -0.15) is 0 Å². The number of hydrogen-bond donors (Lipinski definition) is 1. The fraction of sp³-hybridized carbons (Fsp3) is 0.0833. The van der Waals surface area contributed by atoms with Crippen molar-refractivity contribution in [3.05, 3.63) is 57.9 Å². The van der Waals surface area contributed by atoms with Gasteiger partial charge in [0.15, 0.2) is 5.65 Å². The first kappa shape index (κ1) is 11.7. The van der Waals surface area contributed by atoms with E-state index >= 15 is 0 Å². The quantitative estimate of drug-likeness (QED) is 0.712. The first-order chi connectivity index (χ1) is 9.16. The van der Waals surface area contributed by atoms with Crippen LogP contribution in [0.2, 0.25) is 5.02 Å². The fourth-order valence-corrected chi connectivity index (χ4v) is 2.12. The molecule has 0 amide bonds. The summed E-state index contributed by atoms with van der Waals surface area (Å²) in [6.45, 7) is 0.228. The van der Waals surface area contributed by atoms with E-state index in [0.717, 1.165) is 0 Å². The zero-order chi connectivity index (χ0) is 13.4. The Bertz CT molecular complexity index is 787. The maximum Gasteiger partial charge on any atom is 0.350 e. The molecule has 6 nitrogen and oxygen atoms in total. The SMILES string of the molecule is Nc1cccc(Cl)c1Cn1nc2cnccn2c1=O. The lowest BCUT2D eigenvalue weighted by Gasteiger charge is -2.06. The van der Waals surface area contributed by atoms with Crippen LogP contribution in [0.1, 0.15) is 5.56 Å². The second kappa shape index (κ2) is 4.40. The van der Waals surface area contributed by atoms with Crippen molar-refractivity contribution in [3.63, 3.8) is 0 Å². The molecule has 2 aromatic heterocycles. The van der Waals surface area contributed by atoms with Crippen LogP contribution in [0.4, 0.5) is 5.69 Å². The van der Waals surface area contributed by atoms with Gasteiger partial charge >= 0.3 is 5.69 Å². The van der Waals surface area contributed by atoms with Gasteiger partial charge in [0, 0.05) is 28.7 Å². The number of halogens is 1. The van der Waals surface area contributed by atoms with Gasteiger partial charge in [-0.05, 0) is 12.1 Å².